The molecule has 1 heterocycles. The number of ether oxygens (including phenoxy) is 1. The van der Waals surface area contributed by atoms with Gasteiger partial charge >= 0.3 is 0 Å². The maximum atomic E-state index is 15.2. The van der Waals surface area contributed by atoms with Gasteiger partial charge in [-0.15, -0.1) is 0 Å². The molecule has 0 aliphatic heterocycles. The van der Waals surface area contributed by atoms with Crippen LogP contribution in [0.2, 0.25) is 0 Å². The third-order valence-electron chi connectivity index (χ3n) is 5.14. The van der Waals surface area contributed by atoms with Gasteiger partial charge in [-0.2, -0.15) is 4.39 Å². The maximum absolute atomic E-state index is 15.2. The van der Waals surface area contributed by atoms with Crippen LogP contribution in [0.15, 0.2) is 53.4 Å². The Labute approximate surface area is 182 Å². The summed E-state index contributed by atoms with van der Waals surface area (Å²) in [5.74, 6) is -5.52. The minimum absolute atomic E-state index is 0.369. The van der Waals surface area contributed by atoms with Crippen molar-refractivity contribution in [1.29, 1.82) is 0 Å². The number of hydrogen-bond donors (Lipinski definition) is 0. The van der Waals surface area contributed by atoms with Gasteiger partial charge < -0.3 is 4.74 Å². The Morgan fingerprint density at radius 3 is 2.31 bits per heavy atom. The summed E-state index contributed by atoms with van der Waals surface area (Å²) in [5, 5.41) is 0. The zero-order chi connectivity index (χ0) is 23.0. The van der Waals surface area contributed by atoms with Gasteiger partial charge in [0.1, 0.15) is 23.2 Å². The monoisotopic (exact) mass is 466 g/mol. The molecule has 0 radical (unpaired) electrons. The largest absolute Gasteiger partial charge is 0.497 e. The molecule has 2 aromatic carbocycles. The first-order valence-electron chi connectivity index (χ1n) is 9.68. The summed E-state index contributed by atoms with van der Waals surface area (Å²) in [6.45, 7) is -0.405. The number of halogens is 4. The van der Waals surface area contributed by atoms with Gasteiger partial charge in [0.05, 0.1) is 13.7 Å². The zero-order valence-corrected chi connectivity index (χ0v) is 17.7. The van der Waals surface area contributed by atoms with E-state index in [2.05, 4.69) is 4.98 Å². The van der Waals surface area contributed by atoms with E-state index in [4.69, 9.17) is 4.74 Å². The number of aromatic nitrogens is 1. The van der Waals surface area contributed by atoms with Crippen molar-refractivity contribution < 1.29 is 30.7 Å². The van der Waals surface area contributed by atoms with E-state index >= 15 is 4.39 Å². The highest BCUT2D eigenvalue weighted by Crippen LogP contribution is 2.44. The number of rotatable bonds is 7. The lowest BCUT2D eigenvalue weighted by Gasteiger charge is -2.24. The highest BCUT2D eigenvalue weighted by Gasteiger charge is 2.38. The molecule has 1 aromatic heterocycles. The standard InChI is InChI=1S/C22H18F4N2O3S/c1-31-15-9-5-13(6-10-15)12-28(19-4-2-3-18(25)27-19)32(29,30)22-17(24)11-16(23)20(21(22)26)14-7-8-14/h2-6,9-11,14H,7-8,12H2,1H3. The van der Waals surface area contributed by atoms with E-state index in [0.29, 0.717) is 34.5 Å². The number of anilines is 1. The summed E-state index contributed by atoms with van der Waals surface area (Å²) in [4.78, 5) is 2.29. The van der Waals surface area contributed by atoms with Crippen LogP contribution in [-0.4, -0.2) is 20.5 Å². The molecule has 1 saturated carbocycles. The minimum atomic E-state index is -4.93. The first-order valence-corrected chi connectivity index (χ1v) is 11.1. The van der Waals surface area contributed by atoms with Gasteiger partial charge in [0.25, 0.3) is 10.0 Å². The Bertz CT molecular complexity index is 1260. The fourth-order valence-electron chi connectivity index (χ4n) is 3.40. The Morgan fingerprint density at radius 2 is 1.72 bits per heavy atom. The predicted octanol–water partition coefficient (Wildman–Crippen LogP) is 4.92. The summed E-state index contributed by atoms with van der Waals surface area (Å²) >= 11 is 0. The number of methoxy groups -OCH3 is 1. The van der Waals surface area contributed by atoms with Gasteiger partial charge in [0, 0.05) is 11.6 Å². The van der Waals surface area contributed by atoms with Crippen LogP contribution in [0.25, 0.3) is 0 Å². The minimum Gasteiger partial charge on any atom is -0.497 e. The number of hydrogen-bond acceptors (Lipinski definition) is 4. The van der Waals surface area contributed by atoms with Crippen LogP contribution in [0.1, 0.15) is 29.9 Å². The third kappa shape index (κ3) is 4.14. The second-order valence-corrected chi connectivity index (χ2v) is 9.15. The summed E-state index contributed by atoms with van der Waals surface area (Å²) in [6, 6.07) is 10.0. The molecule has 1 aliphatic rings. The van der Waals surface area contributed by atoms with E-state index in [1.807, 2.05) is 0 Å². The van der Waals surface area contributed by atoms with Crippen molar-refractivity contribution in [2.75, 3.05) is 11.4 Å². The fraction of sp³-hybridized carbons (Fsp3) is 0.227. The average Bonchev–Trinajstić information content (AvgIpc) is 3.56. The molecule has 0 N–H and O–H groups in total. The van der Waals surface area contributed by atoms with Crippen molar-refractivity contribution in [3.05, 3.63) is 83.1 Å². The second kappa shape index (κ2) is 8.42. The van der Waals surface area contributed by atoms with Crippen molar-refractivity contribution >= 4 is 15.8 Å². The molecule has 0 saturated heterocycles. The molecule has 0 bridgehead atoms. The molecule has 1 fully saturated rings. The van der Waals surface area contributed by atoms with E-state index < -0.39 is 56.3 Å². The van der Waals surface area contributed by atoms with Crippen LogP contribution in [0, 0.1) is 23.4 Å². The molecular formula is C22H18F4N2O3S. The van der Waals surface area contributed by atoms with Crippen LogP contribution in [0.4, 0.5) is 23.4 Å². The highest BCUT2D eigenvalue weighted by atomic mass is 32.2. The molecule has 0 atom stereocenters. The van der Waals surface area contributed by atoms with Crippen molar-refractivity contribution in [2.24, 2.45) is 0 Å². The van der Waals surface area contributed by atoms with Crippen LogP contribution in [-0.2, 0) is 16.6 Å². The highest BCUT2D eigenvalue weighted by molar-refractivity contribution is 7.92. The lowest BCUT2D eigenvalue weighted by Crippen LogP contribution is -2.33. The lowest BCUT2D eigenvalue weighted by atomic mass is 10.1. The average molecular weight is 466 g/mol. The van der Waals surface area contributed by atoms with Crippen LogP contribution >= 0.6 is 0 Å². The van der Waals surface area contributed by atoms with E-state index in [1.165, 1.54) is 19.2 Å². The lowest BCUT2D eigenvalue weighted by molar-refractivity contribution is 0.414. The van der Waals surface area contributed by atoms with Crippen LogP contribution in [0.5, 0.6) is 5.75 Å². The number of sulfonamides is 1. The molecule has 1 aliphatic carbocycles. The molecule has 10 heteroatoms. The van der Waals surface area contributed by atoms with Crippen LogP contribution in [0.3, 0.4) is 0 Å². The van der Waals surface area contributed by atoms with Gasteiger partial charge in [-0.05, 0) is 48.6 Å². The second-order valence-electron chi connectivity index (χ2n) is 7.35. The first kappa shape index (κ1) is 22.1. The quantitative estimate of drug-likeness (QED) is 0.366. The summed E-state index contributed by atoms with van der Waals surface area (Å²) < 4.78 is 90.4. The predicted molar refractivity (Wildman–Crippen MR) is 109 cm³/mol. The van der Waals surface area contributed by atoms with E-state index in [0.717, 1.165) is 6.07 Å². The Hall–Kier alpha value is -3.14. The molecule has 0 unspecified atom stereocenters. The molecule has 0 spiro atoms. The molecule has 0 amide bonds. The van der Waals surface area contributed by atoms with Gasteiger partial charge in [0.2, 0.25) is 5.95 Å². The molecule has 32 heavy (non-hydrogen) atoms. The van der Waals surface area contributed by atoms with E-state index in [-0.39, 0.29) is 5.82 Å². The SMILES string of the molecule is COc1ccc(CN(c2cccc(F)n2)S(=O)(=O)c2c(F)cc(F)c(C3CC3)c2F)cc1. The smallest absolute Gasteiger partial charge is 0.271 e. The van der Waals surface area contributed by atoms with Gasteiger partial charge in [-0.3, -0.25) is 0 Å². The van der Waals surface area contributed by atoms with Gasteiger partial charge in [0.15, 0.2) is 10.7 Å². The number of pyridine rings is 1. The van der Waals surface area contributed by atoms with Crippen molar-refractivity contribution in [3.8, 4) is 5.75 Å². The summed E-state index contributed by atoms with van der Waals surface area (Å²) in [7, 11) is -3.48. The van der Waals surface area contributed by atoms with Gasteiger partial charge in [-0.1, -0.05) is 18.2 Å². The normalized spacial score (nSPS) is 13.8. The number of benzene rings is 2. The third-order valence-corrected chi connectivity index (χ3v) is 6.92. The number of nitrogens with zero attached hydrogens (tertiary/aromatic N) is 2. The maximum Gasteiger partial charge on any atom is 0.271 e. The molecule has 3 aromatic rings. The van der Waals surface area contributed by atoms with Crippen molar-refractivity contribution in [1.82, 2.24) is 4.98 Å². The fourth-order valence-corrected chi connectivity index (χ4v) is 4.93. The molecule has 5 nitrogen and oxygen atoms in total. The van der Waals surface area contributed by atoms with Gasteiger partial charge in [-0.25, -0.2) is 30.9 Å². The van der Waals surface area contributed by atoms with Crippen molar-refractivity contribution in [3.63, 3.8) is 0 Å². The molecule has 4 rings (SSSR count). The Kier molecular flexibility index (Phi) is 5.81. The Balaban J connectivity index is 1.85. The van der Waals surface area contributed by atoms with Crippen molar-refractivity contribution in [2.45, 2.75) is 30.2 Å². The summed E-state index contributed by atoms with van der Waals surface area (Å²) in [5.41, 5.74) is -0.0349. The topological polar surface area (TPSA) is 59.5 Å². The zero-order valence-electron chi connectivity index (χ0n) is 16.9. The van der Waals surface area contributed by atoms with E-state index in [9.17, 15) is 21.6 Å². The molecule has 168 valence electrons. The summed E-state index contributed by atoms with van der Waals surface area (Å²) in [6.07, 6.45) is 0.944. The van der Waals surface area contributed by atoms with Crippen LogP contribution < -0.4 is 9.04 Å². The van der Waals surface area contributed by atoms with E-state index in [1.54, 1.807) is 24.3 Å². The first-order chi connectivity index (χ1) is 15.2. The molecular weight excluding hydrogens is 448 g/mol. The Morgan fingerprint density at radius 1 is 1.03 bits per heavy atom.